The number of likely N-dealkylation sites (tertiary alicyclic amines) is 1. The zero-order valence-corrected chi connectivity index (χ0v) is 17.3. The minimum absolute atomic E-state index is 0.0381. The van der Waals surface area contributed by atoms with Crippen LogP contribution in [0.4, 0.5) is 13.2 Å². The second kappa shape index (κ2) is 7.28. The van der Waals surface area contributed by atoms with Gasteiger partial charge >= 0.3 is 6.18 Å². The molecule has 0 aliphatic carbocycles. The summed E-state index contributed by atoms with van der Waals surface area (Å²) >= 11 is 7.63. The molecule has 10 heteroatoms. The van der Waals surface area contributed by atoms with Crippen LogP contribution in [0, 0.1) is 0 Å². The Labute approximate surface area is 174 Å². The van der Waals surface area contributed by atoms with E-state index in [1.165, 1.54) is 11.3 Å². The number of nitrogens with zero attached hydrogens (tertiary/aromatic N) is 4. The average Bonchev–Trinajstić information content (AvgIpc) is 3.28. The van der Waals surface area contributed by atoms with Crippen molar-refractivity contribution in [3.8, 4) is 10.6 Å². The summed E-state index contributed by atoms with van der Waals surface area (Å²) in [7, 11) is 0. The first-order valence-electron chi connectivity index (χ1n) is 9.21. The predicted octanol–water partition coefficient (Wildman–Crippen LogP) is 5.53. The fraction of sp³-hybridized carbons (Fsp3) is 0.421. The summed E-state index contributed by atoms with van der Waals surface area (Å²) in [5, 5.41) is 5.55. The van der Waals surface area contributed by atoms with Gasteiger partial charge in [0.05, 0.1) is 10.6 Å². The predicted molar refractivity (Wildman–Crippen MR) is 105 cm³/mol. The zero-order chi connectivity index (χ0) is 20.9. The van der Waals surface area contributed by atoms with Gasteiger partial charge in [0.25, 0.3) is 5.91 Å². The van der Waals surface area contributed by atoms with Crippen molar-refractivity contribution in [3.63, 3.8) is 0 Å². The van der Waals surface area contributed by atoms with Crippen LogP contribution in [0.2, 0.25) is 5.02 Å². The summed E-state index contributed by atoms with van der Waals surface area (Å²) in [6.07, 6.45) is -2.03. The number of piperidine rings is 1. The van der Waals surface area contributed by atoms with Crippen LogP contribution in [-0.2, 0) is 6.18 Å². The molecule has 1 fully saturated rings. The number of hydrogen-bond acceptors (Lipinski definition) is 4. The molecule has 1 aliphatic rings. The van der Waals surface area contributed by atoms with Crippen molar-refractivity contribution in [2.45, 2.75) is 51.4 Å². The highest BCUT2D eigenvalue weighted by atomic mass is 35.5. The van der Waals surface area contributed by atoms with Crippen LogP contribution in [0.15, 0.2) is 23.6 Å². The quantitative estimate of drug-likeness (QED) is 0.524. The summed E-state index contributed by atoms with van der Waals surface area (Å²) in [6.45, 7) is 3.84. The number of aromatic nitrogens is 3. The van der Waals surface area contributed by atoms with Crippen LogP contribution < -0.4 is 0 Å². The minimum atomic E-state index is -4.69. The number of carbonyl (C=O) groups is 1. The van der Waals surface area contributed by atoms with E-state index in [1.807, 2.05) is 13.8 Å². The molecule has 3 aromatic heterocycles. The van der Waals surface area contributed by atoms with Crippen molar-refractivity contribution in [3.05, 3.63) is 40.0 Å². The molecule has 2 atom stereocenters. The van der Waals surface area contributed by atoms with E-state index in [2.05, 4.69) is 10.1 Å². The Morgan fingerprint density at radius 1 is 1.28 bits per heavy atom. The molecular formula is C19H18ClF3N4OS. The number of halogens is 4. The Hall–Kier alpha value is -2.13. The molecule has 0 radical (unpaired) electrons. The number of thiophene rings is 1. The molecule has 4 rings (SSSR count). The monoisotopic (exact) mass is 442 g/mol. The molecule has 2 unspecified atom stereocenters. The number of carbonyl (C=O) groups excluding carboxylic acids is 1. The van der Waals surface area contributed by atoms with Gasteiger partial charge in [0.2, 0.25) is 0 Å². The molecule has 0 spiro atoms. The number of rotatable bonds is 2. The number of alkyl halides is 3. The smallest absolute Gasteiger partial charge is 0.332 e. The van der Waals surface area contributed by atoms with E-state index in [0.717, 1.165) is 25.3 Å². The fourth-order valence-electron chi connectivity index (χ4n) is 3.82. The van der Waals surface area contributed by atoms with Gasteiger partial charge in [0.1, 0.15) is 5.02 Å². The van der Waals surface area contributed by atoms with Gasteiger partial charge in [-0.2, -0.15) is 18.3 Å². The molecule has 0 aromatic carbocycles. The van der Waals surface area contributed by atoms with E-state index in [0.29, 0.717) is 9.39 Å². The first kappa shape index (κ1) is 20.2. The highest BCUT2D eigenvalue weighted by molar-refractivity contribution is 7.13. The Morgan fingerprint density at radius 3 is 2.55 bits per heavy atom. The van der Waals surface area contributed by atoms with E-state index in [-0.39, 0.29) is 34.1 Å². The maximum Gasteiger partial charge on any atom is 0.433 e. The molecule has 154 valence electrons. The van der Waals surface area contributed by atoms with Crippen molar-refractivity contribution >= 4 is 34.5 Å². The molecule has 3 aromatic rings. The summed E-state index contributed by atoms with van der Waals surface area (Å²) in [6, 6.07) is 4.26. The molecule has 4 heterocycles. The van der Waals surface area contributed by atoms with Crippen LogP contribution >= 0.6 is 22.9 Å². The van der Waals surface area contributed by atoms with Gasteiger partial charge in [-0.25, -0.2) is 9.50 Å². The third-order valence-electron chi connectivity index (χ3n) is 5.23. The van der Waals surface area contributed by atoms with Gasteiger partial charge in [-0.3, -0.25) is 4.79 Å². The van der Waals surface area contributed by atoms with Crippen molar-refractivity contribution in [1.29, 1.82) is 0 Å². The largest absolute Gasteiger partial charge is 0.433 e. The number of hydrogen-bond donors (Lipinski definition) is 0. The first-order valence-corrected chi connectivity index (χ1v) is 10.5. The van der Waals surface area contributed by atoms with Gasteiger partial charge in [-0.05, 0) is 50.6 Å². The van der Waals surface area contributed by atoms with Crippen LogP contribution in [0.25, 0.3) is 16.2 Å². The van der Waals surface area contributed by atoms with Gasteiger partial charge in [-0.15, -0.1) is 11.3 Å². The molecule has 1 aliphatic heterocycles. The third kappa shape index (κ3) is 3.50. The average molecular weight is 443 g/mol. The molecule has 1 amide bonds. The molecule has 0 N–H and O–H groups in total. The van der Waals surface area contributed by atoms with Crippen LogP contribution in [-0.4, -0.2) is 37.5 Å². The summed E-state index contributed by atoms with van der Waals surface area (Å²) < 4.78 is 41.8. The lowest BCUT2D eigenvalue weighted by atomic mass is 9.97. The lowest BCUT2D eigenvalue weighted by Crippen LogP contribution is -2.47. The summed E-state index contributed by atoms with van der Waals surface area (Å²) in [5.41, 5.74) is -1.26. The first-order chi connectivity index (χ1) is 13.7. The molecule has 0 saturated carbocycles. The van der Waals surface area contributed by atoms with E-state index < -0.39 is 17.8 Å². The minimum Gasteiger partial charge on any atom is -0.332 e. The van der Waals surface area contributed by atoms with Crippen molar-refractivity contribution in [2.24, 2.45) is 0 Å². The standard InChI is InChI=1S/C19H18ClF3N4OS/c1-10-5-3-6-11(2)26(10)18(28)16-15(20)17-24-12(13-7-4-8-29-13)9-14(19(21,22)23)27(17)25-16/h4,7-11H,3,5-6H2,1-2H3. The van der Waals surface area contributed by atoms with Gasteiger partial charge in [0.15, 0.2) is 17.0 Å². The zero-order valence-electron chi connectivity index (χ0n) is 15.7. The SMILES string of the molecule is CC1CCCC(C)N1C(=O)c1nn2c(C(F)(F)F)cc(-c3cccs3)nc2c1Cl. The Bertz CT molecular complexity index is 1050. The Kier molecular flexibility index (Phi) is 5.06. The van der Waals surface area contributed by atoms with Crippen LogP contribution in [0.3, 0.4) is 0 Å². The van der Waals surface area contributed by atoms with Crippen molar-refractivity contribution in [1.82, 2.24) is 19.5 Å². The lowest BCUT2D eigenvalue weighted by Gasteiger charge is -2.38. The van der Waals surface area contributed by atoms with Gasteiger partial charge < -0.3 is 4.90 Å². The molecule has 5 nitrogen and oxygen atoms in total. The number of amides is 1. The van der Waals surface area contributed by atoms with Crippen LogP contribution in [0.5, 0.6) is 0 Å². The van der Waals surface area contributed by atoms with Crippen LogP contribution in [0.1, 0.15) is 49.3 Å². The van der Waals surface area contributed by atoms with E-state index in [1.54, 1.807) is 22.4 Å². The molecule has 29 heavy (non-hydrogen) atoms. The molecular weight excluding hydrogens is 425 g/mol. The van der Waals surface area contributed by atoms with Gasteiger partial charge in [0, 0.05) is 12.1 Å². The summed E-state index contributed by atoms with van der Waals surface area (Å²) in [5.74, 6) is -0.467. The normalized spacial score (nSPS) is 20.4. The highest BCUT2D eigenvalue weighted by Crippen LogP contribution is 2.36. The topological polar surface area (TPSA) is 50.5 Å². The lowest BCUT2D eigenvalue weighted by molar-refractivity contribution is -0.142. The number of fused-ring (bicyclic) bond motifs is 1. The Morgan fingerprint density at radius 2 is 1.97 bits per heavy atom. The van der Waals surface area contributed by atoms with E-state index in [9.17, 15) is 18.0 Å². The third-order valence-corrected chi connectivity index (χ3v) is 6.47. The van der Waals surface area contributed by atoms with Gasteiger partial charge in [-0.1, -0.05) is 17.7 Å². The van der Waals surface area contributed by atoms with Crippen molar-refractivity contribution in [2.75, 3.05) is 0 Å². The van der Waals surface area contributed by atoms with E-state index in [4.69, 9.17) is 11.6 Å². The molecule has 0 bridgehead atoms. The maximum absolute atomic E-state index is 13.7. The second-order valence-electron chi connectivity index (χ2n) is 7.24. The second-order valence-corrected chi connectivity index (χ2v) is 8.57. The highest BCUT2D eigenvalue weighted by Gasteiger charge is 2.38. The summed E-state index contributed by atoms with van der Waals surface area (Å²) in [4.78, 5) is 19.7. The van der Waals surface area contributed by atoms with Crippen molar-refractivity contribution < 1.29 is 18.0 Å². The maximum atomic E-state index is 13.7. The van der Waals surface area contributed by atoms with E-state index >= 15 is 0 Å². The fourth-order valence-corrected chi connectivity index (χ4v) is 4.75. The Balaban J connectivity index is 1.89. The molecule has 1 saturated heterocycles.